The maximum absolute atomic E-state index is 4.78. The molecule has 2 aromatic heterocycles. The van der Waals surface area contributed by atoms with E-state index in [-0.39, 0.29) is 0 Å². The van der Waals surface area contributed by atoms with Crippen LogP contribution in [0.4, 0.5) is 0 Å². The summed E-state index contributed by atoms with van der Waals surface area (Å²) in [5.41, 5.74) is 4.53. The number of nitrogens with one attached hydrogen (secondary N) is 1. The average molecular weight is 230 g/mol. The number of aryl methyl sites for hydroxylation is 2. The highest BCUT2D eigenvalue weighted by Gasteiger charge is 2.21. The summed E-state index contributed by atoms with van der Waals surface area (Å²) in [5.74, 6) is 0.559. The molecule has 0 bridgehead atoms. The molecular formula is C13H18N4. The fourth-order valence-corrected chi connectivity index (χ4v) is 2.65. The van der Waals surface area contributed by atoms with Gasteiger partial charge in [0.15, 0.2) is 0 Å². The predicted molar refractivity (Wildman–Crippen MR) is 67.3 cm³/mol. The number of hydrogen-bond donors (Lipinski definition) is 1. The van der Waals surface area contributed by atoms with E-state index in [1.54, 1.807) is 0 Å². The molecule has 4 nitrogen and oxygen atoms in total. The molecule has 1 aliphatic rings. The Kier molecular flexibility index (Phi) is 2.59. The van der Waals surface area contributed by atoms with Gasteiger partial charge in [0.1, 0.15) is 12.0 Å². The van der Waals surface area contributed by atoms with Gasteiger partial charge in [0.25, 0.3) is 0 Å². The third-order valence-corrected chi connectivity index (χ3v) is 3.61. The Bertz CT molecular complexity index is 538. The van der Waals surface area contributed by atoms with Crippen molar-refractivity contribution in [2.45, 2.75) is 32.6 Å². The van der Waals surface area contributed by atoms with Crippen LogP contribution in [-0.2, 0) is 0 Å². The molecule has 2 aromatic rings. The first kappa shape index (κ1) is 10.7. The Morgan fingerprint density at radius 1 is 1.41 bits per heavy atom. The van der Waals surface area contributed by atoms with Crippen LogP contribution >= 0.6 is 0 Å². The van der Waals surface area contributed by atoms with Gasteiger partial charge in [0.05, 0.1) is 5.69 Å². The normalized spacial score (nSPS) is 20.9. The number of aromatic nitrogens is 3. The third kappa shape index (κ3) is 1.82. The third-order valence-electron chi connectivity index (χ3n) is 3.61. The van der Waals surface area contributed by atoms with Crippen LogP contribution in [0.25, 0.3) is 5.65 Å². The first-order valence-electron chi connectivity index (χ1n) is 6.27. The van der Waals surface area contributed by atoms with Crippen LogP contribution in [0.3, 0.4) is 0 Å². The van der Waals surface area contributed by atoms with Gasteiger partial charge in [0.2, 0.25) is 0 Å². The molecule has 1 unspecified atom stereocenters. The average Bonchev–Trinajstić information content (AvgIpc) is 2.67. The molecule has 1 atom stereocenters. The number of imidazole rings is 1. The lowest BCUT2D eigenvalue weighted by molar-refractivity contribution is 0.454. The molecule has 0 aliphatic carbocycles. The minimum absolute atomic E-state index is 0.559. The summed E-state index contributed by atoms with van der Waals surface area (Å²) in [6.45, 7) is 6.34. The van der Waals surface area contributed by atoms with Crippen LogP contribution in [0.1, 0.15) is 35.8 Å². The number of rotatable bonds is 1. The number of hydrogen-bond acceptors (Lipinski definition) is 3. The lowest BCUT2D eigenvalue weighted by Gasteiger charge is -2.21. The van der Waals surface area contributed by atoms with E-state index in [2.05, 4.69) is 21.6 Å². The van der Waals surface area contributed by atoms with Gasteiger partial charge >= 0.3 is 0 Å². The van der Waals surface area contributed by atoms with E-state index in [0.717, 1.165) is 24.4 Å². The predicted octanol–water partition coefficient (Wildman–Crippen LogP) is 1.81. The van der Waals surface area contributed by atoms with Crippen LogP contribution in [-0.4, -0.2) is 27.5 Å². The molecule has 17 heavy (non-hydrogen) atoms. The van der Waals surface area contributed by atoms with E-state index in [1.807, 2.05) is 19.3 Å². The molecule has 3 heterocycles. The van der Waals surface area contributed by atoms with Crippen molar-refractivity contribution in [1.82, 2.24) is 19.7 Å². The van der Waals surface area contributed by atoms with Gasteiger partial charge in [-0.1, -0.05) is 0 Å². The Hall–Kier alpha value is -1.42. The SMILES string of the molecule is Cc1cc2nc(C3CCCNC3)c(C)n2cn1. The van der Waals surface area contributed by atoms with Crippen molar-refractivity contribution in [3.05, 3.63) is 29.5 Å². The van der Waals surface area contributed by atoms with Crippen molar-refractivity contribution in [3.63, 3.8) is 0 Å². The topological polar surface area (TPSA) is 42.2 Å². The summed E-state index contributed by atoms with van der Waals surface area (Å²) in [6.07, 6.45) is 4.37. The lowest BCUT2D eigenvalue weighted by Crippen LogP contribution is -2.28. The summed E-state index contributed by atoms with van der Waals surface area (Å²) >= 11 is 0. The molecule has 1 aliphatic heterocycles. The van der Waals surface area contributed by atoms with Crippen LogP contribution in [0.5, 0.6) is 0 Å². The summed E-state index contributed by atoms with van der Waals surface area (Å²) in [6, 6.07) is 2.05. The second-order valence-corrected chi connectivity index (χ2v) is 4.88. The van der Waals surface area contributed by atoms with Gasteiger partial charge in [-0.3, -0.25) is 4.40 Å². The first-order valence-corrected chi connectivity index (χ1v) is 6.27. The Morgan fingerprint density at radius 3 is 3.06 bits per heavy atom. The van der Waals surface area contributed by atoms with Gasteiger partial charge in [-0.25, -0.2) is 9.97 Å². The zero-order chi connectivity index (χ0) is 11.8. The second-order valence-electron chi connectivity index (χ2n) is 4.88. The molecule has 0 spiro atoms. The standard InChI is InChI=1S/C13H18N4/c1-9-6-12-16-13(10(2)17(12)8-15-9)11-4-3-5-14-7-11/h6,8,11,14H,3-5,7H2,1-2H3. The number of fused-ring (bicyclic) bond motifs is 1. The van der Waals surface area contributed by atoms with Gasteiger partial charge < -0.3 is 5.32 Å². The monoisotopic (exact) mass is 230 g/mol. The van der Waals surface area contributed by atoms with E-state index < -0.39 is 0 Å². The van der Waals surface area contributed by atoms with Crippen molar-refractivity contribution >= 4 is 5.65 Å². The van der Waals surface area contributed by atoms with Gasteiger partial charge in [0, 0.05) is 29.9 Å². The molecular weight excluding hydrogens is 212 g/mol. The highest BCUT2D eigenvalue weighted by Crippen LogP contribution is 2.26. The van der Waals surface area contributed by atoms with E-state index in [9.17, 15) is 0 Å². The van der Waals surface area contributed by atoms with E-state index >= 15 is 0 Å². The Morgan fingerprint density at radius 2 is 2.29 bits per heavy atom. The largest absolute Gasteiger partial charge is 0.316 e. The van der Waals surface area contributed by atoms with E-state index in [4.69, 9.17) is 4.98 Å². The van der Waals surface area contributed by atoms with E-state index in [1.165, 1.54) is 24.2 Å². The van der Waals surface area contributed by atoms with Gasteiger partial charge in [-0.2, -0.15) is 0 Å². The van der Waals surface area contributed by atoms with Gasteiger partial charge in [-0.05, 0) is 33.2 Å². The maximum atomic E-state index is 4.78. The smallest absolute Gasteiger partial charge is 0.140 e. The van der Waals surface area contributed by atoms with Crippen LogP contribution in [0.2, 0.25) is 0 Å². The van der Waals surface area contributed by atoms with Gasteiger partial charge in [-0.15, -0.1) is 0 Å². The maximum Gasteiger partial charge on any atom is 0.140 e. The lowest BCUT2D eigenvalue weighted by atomic mass is 9.95. The molecule has 4 heteroatoms. The summed E-state index contributed by atoms with van der Waals surface area (Å²) < 4.78 is 2.09. The molecule has 0 saturated carbocycles. The summed E-state index contributed by atoms with van der Waals surface area (Å²) in [5, 5.41) is 3.45. The second kappa shape index (κ2) is 4.11. The fraction of sp³-hybridized carbons (Fsp3) is 0.538. The zero-order valence-electron chi connectivity index (χ0n) is 10.4. The molecule has 0 amide bonds. The van der Waals surface area contributed by atoms with Crippen LogP contribution in [0, 0.1) is 13.8 Å². The molecule has 0 radical (unpaired) electrons. The van der Waals surface area contributed by atoms with Crippen molar-refractivity contribution in [1.29, 1.82) is 0 Å². The zero-order valence-corrected chi connectivity index (χ0v) is 10.4. The summed E-state index contributed by atoms with van der Waals surface area (Å²) in [4.78, 5) is 9.11. The molecule has 1 fully saturated rings. The molecule has 3 rings (SSSR count). The summed E-state index contributed by atoms with van der Waals surface area (Å²) in [7, 11) is 0. The minimum Gasteiger partial charge on any atom is -0.316 e. The van der Waals surface area contributed by atoms with Crippen LogP contribution in [0.15, 0.2) is 12.4 Å². The van der Waals surface area contributed by atoms with E-state index in [0.29, 0.717) is 5.92 Å². The van der Waals surface area contributed by atoms with Crippen molar-refractivity contribution < 1.29 is 0 Å². The van der Waals surface area contributed by atoms with Crippen LogP contribution < -0.4 is 5.32 Å². The fourth-order valence-electron chi connectivity index (χ4n) is 2.65. The highest BCUT2D eigenvalue weighted by molar-refractivity contribution is 5.44. The Balaban J connectivity index is 2.07. The highest BCUT2D eigenvalue weighted by atomic mass is 15.1. The Labute approximate surface area is 101 Å². The molecule has 0 aromatic carbocycles. The number of piperidine rings is 1. The minimum atomic E-state index is 0.559. The number of nitrogens with zero attached hydrogens (tertiary/aromatic N) is 3. The molecule has 1 saturated heterocycles. The molecule has 1 N–H and O–H groups in total. The van der Waals surface area contributed by atoms with Crippen molar-refractivity contribution in [3.8, 4) is 0 Å². The quantitative estimate of drug-likeness (QED) is 0.812. The molecule has 90 valence electrons. The van der Waals surface area contributed by atoms with Crippen molar-refractivity contribution in [2.75, 3.05) is 13.1 Å². The first-order chi connectivity index (χ1) is 8.25. The van der Waals surface area contributed by atoms with Crippen molar-refractivity contribution in [2.24, 2.45) is 0 Å².